The normalized spacial score (nSPS) is 32.6. The van der Waals surface area contributed by atoms with Crippen LogP contribution in [0.3, 0.4) is 0 Å². The molecule has 10 heavy (non-hydrogen) atoms. The Morgan fingerprint density at radius 3 is 2.60 bits per heavy atom. The lowest BCUT2D eigenvalue weighted by atomic mass is 9.98. The van der Waals surface area contributed by atoms with Crippen LogP contribution in [0.1, 0.15) is 26.7 Å². The van der Waals surface area contributed by atoms with E-state index in [0.717, 1.165) is 6.42 Å². The number of hydrogen-bond acceptors (Lipinski definition) is 2. The molecule has 0 amide bonds. The molecule has 0 aromatic heterocycles. The van der Waals surface area contributed by atoms with Gasteiger partial charge in [0, 0.05) is 12.0 Å². The SMILES string of the molecule is C=C1CC(C)(CC)OC1=O. The molecule has 0 radical (unpaired) electrons. The summed E-state index contributed by atoms with van der Waals surface area (Å²) in [7, 11) is 0. The van der Waals surface area contributed by atoms with Gasteiger partial charge < -0.3 is 4.74 Å². The van der Waals surface area contributed by atoms with Crippen molar-refractivity contribution < 1.29 is 9.53 Å². The maximum absolute atomic E-state index is 10.8. The van der Waals surface area contributed by atoms with E-state index in [0.29, 0.717) is 12.0 Å². The summed E-state index contributed by atoms with van der Waals surface area (Å²) in [6, 6.07) is 0. The minimum Gasteiger partial charge on any atom is -0.456 e. The number of rotatable bonds is 1. The van der Waals surface area contributed by atoms with Crippen LogP contribution in [-0.2, 0) is 9.53 Å². The Hall–Kier alpha value is -0.790. The van der Waals surface area contributed by atoms with Crippen molar-refractivity contribution in [2.24, 2.45) is 0 Å². The van der Waals surface area contributed by atoms with Gasteiger partial charge in [-0.2, -0.15) is 0 Å². The summed E-state index contributed by atoms with van der Waals surface area (Å²) in [5, 5.41) is 0. The molecule has 0 aromatic carbocycles. The van der Waals surface area contributed by atoms with Crippen LogP contribution < -0.4 is 0 Å². The molecule has 1 saturated heterocycles. The van der Waals surface area contributed by atoms with Gasteiger partial charge in [0.05, 0.1) is 0 Å². The van der Waals surface area contributed by atoms with E-state index in [1.807, 2.05) is 13.8 Å². The number of cyclic esters (lactones) is 1. The van der Waals surface area contributed by atoms with Crippen LogP contribution in [0.5, 0.6) is 0 Å². The van der Waals surface area contributed by atoms with Gasteiger partial charge >= 0.3 is 5.97 Å². The minimum atomic E-state index is -0.270. The highest BCUT2D eigenvalue weighted by Crippen LogP contribution is 2.31. The van der Waals surface area contributed by atoms with Gasteiger partial charge in [0.2, 0.25) is 0 Å². The lowest BCUT2D eigenvalue weighted by Crippen LogP contribution is -2.21. The second-order valence-corrected chi connectivity index (χ2v) is 2.97. The van der Waals surface area contributed by atoms with E-state index in [4.69, 9.17) is 4.74 Å². The van der Waals surface area contributed by atoms with Crippen LogP contribution in [0.4, 0.5) is 0 Å². The van der Waals surface area contributed by atoms with Gasteiger partial charge in [-0.3, -0.25) is 0 Å². The van der Waals surface area contributed by atoms with Gasteiger partial charge in [-0.1, -0.05) is 13.5 Å². The van der Waals surface area contributed by atoms with Gasteiger partial charge in [-0.05, 0) is 13.3 Å². The first-order chi connectivity index (χ1) is 4.57. The predicted octanol–water partition coefficient (Wildman–Crippen LogP) is 1.66. The molecule has 2 nitrogen and oxygen atoms in total. The third kappa shape index (κ3) is 1.06. The maximum atomic E-state index is 10.8. The number of hydrogen-bond donors (Lipinski definition) is 0. The van der Waals surface area contributed by atoms with Gasteiger partial charge in [0.15, 0.2) is 0 Å². The molecule has 1 rings (SSSR count). The van der Waals surface area contributed by atoms with Crippen LogP contribution >= 0.6 is 0 Å². The summed E-state index contributed by atoms with van der Waals surface area (Å²) in [6.45, 7) is 7.54. The molecule has 1 unspecified atom stereocenters. The summed E-state index contributed by atoms with van der Waals surface area (Å²) in [6.07, 6.45) is 1.54. The van der Waals surface area contributed by atoms with Crippen molar-refractivity contribution >= 4 is 5.97 Å². The largest absolute Gasteiger partial charge is 0.456 e. The van der Waals surface area contributed by atoms with Crippen LogP contribution in [0, 0.1) is 0 Å². The molecule has 0 spiro atoms. The second-order valence-electron chi connectivity index (χ2n) is 2.97. The van der Waals surface area contributed by atoms with Crippen molar-refractivity contribution in [2.75, 3.05) is 0 Å². The number of carbonyl (C=O) groups is 1. The number of esters is 1. The zero-order chi connectivity index (χ0) is 7.78. The summed E-state index contributed by atoms with van der Waals surface area (Å²) in [5.74, 6) is -0.232. The Labute approximate surface area is 60.9 Å². The van der Waals surface area contributed by atoms with E-state index < -0.39 is 0 Å². The van der Waals surface area contributed by atoms with Crippen LogP contribution in [0.2, 0.25) is 0 Å². The average molecular weight is 140 g/mol. The molecule has 1 fully saturated rings. The topological polar surface area (TPSA) is 26.3 Å². The lowest BCUT2D eigenvalue weighted by molar-refractivity contribution is -0.145. The highest BCUT2D eigenvalue weighted by Gasteiger charge is 2.36. The fourth-order valence-electron chi connectivity index (χ4n) is 1.05. The third-order valence-electron chi connectivity index (χ3n) is 1.96. The van der Waals surface area contributed by atoms with Crippen molar-refractivity contribution in [2.45, 2.75) is 32.3 Å². The first-order valence-electron chi connectivity index (χ1n) is 3.48. The summed E-state index contributed by atoms with van der Waals surface area (Å²) >= 11 is 0. The Balaban J connectivity index is 2.73. The average Bonchev–Trinajstić information content (AvgIpc) is 2.10. The molecule has 2 heteroatoms. The number of carbonyl (C=O) groups excluding carboxylic acids is 1. The van der Waals surface area contributed by atoms with Crippen LogP contribution in [-0.4, -0.2) is 11.6 Å². The van der Waals surface area contributed by atoms with E-state index in [1.165, 1.54) is 0 Å². The standard InChI is InChI=1S/C8H12O2/c1-4-8(3)5-6(2)7(9)10-8/h2,4-5H2,1,3H3. The smallest absolute Gasteiger partial charge is 0.334 e. The van der Waals surface area contributed by atoms with Crippen LogP contribution in [0.15, 0.2) is 12.2 Å². The molecule has 1 atom stereocenters. The Morgan fingerprint density at radius 1 is 1.80 bits per heavy atom. The van der Waals surface area contributed by atoms with Crippen molar-refractivity contribution in [3.05, 3.63) is 12.2 Å². The Kier molecular flexibility index (Phi) is 1.55. The molecular formula is C8H12O2. The molecule has 0 bridgehead atoms. The van der Waals surface area contributed by atoms with E-state index in [1.54, 1.807) is 0 Å². The molecule has 56 valence electrons. The molecule has 0 aliphatic carbocycles. The van der Waals surface area contributed by atoms with E-state index >= 15 is 0 Å². The quantitative estimate of drug-likeness (QED) is 0.409. The Morgan fingerprint density at radius 2 is 2.40 bits per heavy atom. The first-order valence-corrected chi connectivity index (χ1v) is 3.48. The zero-order valence-corrected chi connectivity index (χ0v) is 6.44. The van der Waals surface area contributed by atoms with Crippen LogP contribution in [0.25, 0.3) is 0 Å². The highest BCUT2D eigenvalue weighted by atomic mass is 16.6. The van der Waals surface area contributed by atoms with Gasteiger partial charge in [-0.15, -0.1) is 0 Å². The monoisotopic (exact) mass is 140 g/mol. The summed E-state index contributed by atoms with van der Waals surface area (Å²) in [5.41, 5.74) is 0.332. The Bertz CT molecular complexity index is 166. The zero-order valence-electron chi connectivity index (χ0n) is 6.44. The lowest BCUT2D eigenvalue weighted by Gasteiger charge is -2.18. The third-order valence-corrected chi connectivity index (χ3v) is 1.96. The fourth-order valence-corrected chi connectivity index (χ4v) is 1.05. The van der Waals surface area contributed by atoms with Crippen molar-refractivity contribution in [3.63, 3.8) is 0 Å². The molecule has 1 heterocycles. The first kappa shape index (κ1) is 7.32. The fraction of sp³-hybridized carbons (Fsp3) is 0.625. The summed E-state index contributed by atoms with van der Waals surface area (Å²) in [4.78, 5) is 10.8. The minimum absolute atomic E-state index is 0.232. The van der Waals surface area contributed by atoms with Crippen molar-refractivity contribution in [1.29, 1.82) is 0 Å². The summed E-state index contributed by atoms with van der Waals surface area (Å²) < 4.78 is 5.07. The van der Waals surface area contributed by atoms with Gasteiger partial charge in [0.25, 0.3) is 0 Å². The maximum Gasteiger partial charge on any atom is 0.334 e. The predicted molar refractivity (Wildman–Crippen MR) is 38.5 cm³/mol. The molecule has 1 aliphatic rings. The highest BCUT2D eigenvalue weighted by molar-refractivity contribution is 5.90. The molecule has 0 N–H and O–H groups in total. The van der Waals surface area contributed by atoms with Gasteiger partial charge in [0.1, 0.15) is 5.60 Å². The molecular weight excluding hydrogens is 128 g/mol. The van der Waals surface area contributed by atoms with E-state index in [9.17, 15) is 4.79 Å². The molecule has 1 aliphatic heterocycles. The molecule has 0 aromatic rings. The molecule has 0 saturated carbocycles. The van der Waals surface area contributed by atoms with Crippen molar-refractivity contribution in [3.8, 4) is 0 Å². The second kappa shape index (κ2) is 2.11. The van der Waals surface area contributed by atoms with E-state index in [2.05, 4.69) is 6.58 Å². The number of ether oxygens (including phenoxy) is 1. The van der Waals surface area contributed by atoms with Crippen molar-refractivity contribution in [1.82, 2.24) is 0 Å². The van der Waals surface area contributed by atoms with Gasteiger partial charge in [-0.25, -0.2) is 4.79 Å². The van der Waals surface area contributed by atoms with E-state index in [-0.39, 0.29) is 11.6 Å².